The van der Waals surface area contributed by atoms with E-state index in [1.54, 1.807) is 13.8 Å². The van der Waals surface area contributed by atoms with E-state index in [1.165, 1.54) is 7.05 Å². The van der Waals surface area contributed by atoms with Gasteiger partial charge in [-0.1, -0.05) is 0 Å². The second-order valence-electron chi connectivity index (χ2n) is 3.26. The number of alkyl carbamates (subject to hydrolysis) is 1. The highest BCUT2D eigenvalue weighted by Gasteiger charge is 2.29. The molecule has 0 saturated carbocycles. The second kappa shape index (κ2) is 5.74. The summed E-state index contributed by atoms with van der Waals surface area (Å²) in [4.78, 5) is 10.8. The Morgan fingerprint density at radius 1 is 1.50 bits per heavy atom. The highest BCUT2D eigenvalue weighted by molar-refractivity contribution is 5.67. The molecular formula is C8H16F2N2O2. The van der Waals surface area contributed by atoms with E-state index in [4.69, 9.17) is 0 Å². The summed E-state index contributed by atoms with van der Waals surface area (Å²) in [7, 11) is 1.40. The van der Waals surface area contributed by atoms with E-state index in [9.17, 15) is 13.6 Å². The SMILES string of the molecule is CNCC(F)(F)COC(=O)NC(C)C. The van der Waals surface area contributed by atoms with E-state index >= 15 is 0 Å². The molecule has 0 aliphatic rings. The minimum atomic E-state index is -3.02. The van der Waals surface area contributed by atoms with Crippen LogP contribution in [0.3, 0.4) is 0 Å². The van der Waals surface area contributed by atoms with Gasteiger partial charge in [0.2, 0.25) is 0 Å². The third-order valence-electron chi connectivity index (χ3n) is 1.26. The lowest BCUT2D eigenvalue weighted by Crippen LogP contribution is -2.39. The molecule has 0 bridgehead atoms. The molecule has 0 heterocycles. The first kappa shape index (κ1) is 13.1. The van der Waals surface area contributed by atoms with Crippen molar-refractivity contribution in [3.63, 3.8) is 0 Å². The summed E-state index contributed by atoms with van der Waals surface area (Å²) in [5, 5.41) is 4.65. The number of carbonyl (C=O) groups excluding carboxylic acids is 1. The fourth-order valence-corrected chi connectivity index (χ4v) is 0.758. The Morgan fingerprint density at radius 2 is 2.07 bits per heavy atom. The molecule has 0 aliphatic carbocycles. The first-order valence-electron chi connectivity index (χ1n) is 4.33. The summed E-state index contributed by atoms with van der Waals surface area (Å²) in [6.45, 7) is 2.01. The number of hydrogen-bond acceptors (Lipinski definition) is 3. The molecule has 84 valence electrons. The van der Waals surface area contributed by atoms with Gasteiger partial charge in [0.1, 0.15) is 0 Å². The van der Waals surface area contributed by atoms with Crippen molar-refractivity contribution in [1.82, 2.24) is 10.6 Å². The number of carbonyl (C=O) groups is 1. The third kappa shape index (κ3) is 6.59. The summed E-state index contributed by atoms with van der Waals surface area (Å²) < 4.78 is 29.8. The van der Waals surface area contributed by atoms with Crippen LogP contribution >= 0.6 is 0 Å². The highest BCUT2D eigenvalue weighted by Crippen LogP contribution is 2.11. The van der Waals surface area contributed by atoms with Crippen LogP contribution in [0.2, 0.25) is 0 Å². The van der Waals surface area contributed by atoms with Crippen LogP contribution in [0.15, 0.2) is 0 Å². The Bertz CT molecular complexity index is 186. The van der Waals surface area contributed by atoms with Crippen molar-refractivity contribution in [2.75, 3.05) is 20.2 Å². The zero-order valence-corrected chi connectivity index (χ0v) is 8.56. The van der Waals surface area contributed by atoms with Crippen molar-refractivity contribution in [3.05, 3.63) is 0 Å². The number of amides is 1. The van der Waals surface area contributed by atoms with Crippen LogP contribution in [0.1, 0.15) is 13.8 Å². The van der Waals surface area contributed by atoms with Crippen molar-refractivity contribution in [1.29, 1.82) is 0 Å². The highest BCUT2D eigenvalue weighted by atomic mass is 19.3. The van der Waals surface area contributed by atoms with Gasteiger partial charge in [-0.2, -0.15) is 0 Å². The molecule has 0 aromatic heterocycles. The van der Waals surface area contributed by atoms with Crippen LogP contribution in [0.25, 0.3) is 0 Å². The average molecular weight is 210 g/mol. The monoisotopic (exact) mass is 210 g/mol. The van der Waals surface area contributed by atoms with Crippen molar-refractivity contribution in [3.8, 4) is 0 Å². The van der Waals surface area contributed by atoms with Gasteiger partial charge in [-0.25, -0.2) is 13.6 Å². The number of hydrogen-bond donors (Lipinski definition) is 2. The molecule has 6 heteroatoms. The van der Waals surface area contributed by atoms with Crippen LogP contribution in [0.4, 0.5) is 13.6 Å². The van der Waals surface area contributed by atoms with Crippen molar-refractivity contribution in [2.45, 2.75) is 25.8 Å². The molecule has 1 amide bonds. The van der Waals surface area contributed by atoms with E-state index < -0.39 is 25.2 Å². The summed E-state index contributed by atoms with van der Waals surface area (Å²) >= 11 is 0. The smallest absolute Gasteiger partial charge is 0.407 e. The van der Waals surface area contributed by atoms with Crippen LogP contribution in [-0.2, 0) is 4.74 Å². The molecule has 0 fully saturated rings. The molecule has 4 nitrogen and oxygen atoms in total. The van der Waals surface area contributed by atoms with Gasteiger partial charge >= 0.3 is 6.09 Å². The van der Waals surface area contributed by atoms with Crippen LogP contribution in [0.5, 0.6) is 0 Å². The van der Waals surface area contributed by atoms with Gasteiger partial charge < -0.3 is 15.4 Å². The summed E-state index contributed by atoms with van der Waals surface area (Å²) in [6.07, 6.45) is -0.823. The van der Waals surface area contributed by atoms with Crippen molar-refractivity contribution < 1.29 is 18.3 Å². The topological polar surface area (TPSA) is 50.4 Å². The number of nitrogens with one attached hydrogen (secondary N) is 2. The van der Waals surface area contributed by atoms with E-state index in [-0.39, 0.29) is 6.04 Å². The van der Waals surface area contributed by atoms with Crippen LogP contribution < -0.4 is 10.6 Å². The van der Waals surface area contributed by atoms with Gasteiger partial charge in [0.25, 0.3) is 5.92 Å². The maximum absolute atomic E-state index is 12.8. The van der Waals surface area contributed by atoms with E-state index in [1.807, 2.05) is 0 Å². The summed E-state index contributed by atoms with van der Waals surface area (Å²) in [5.41, 5.74) is 0. The van der Waals surface area contributed by atoms with E-state index in [2.05, 4.69) is 15.4 Å². The maximum Gasteiger partial charge on any atom is 0.407 e. The largest absolute Gasteiger partial charge is 0.443 e. The molecule has 0 rings (SSSR count). The number of halogens is 2. The maximum atomic E-state index is 12.8. The fourth-order valence-electron chi connectivity index (χ4n) is 0.758. The van der Waals surface area contributed by atoms with Crippen molar-refractivity contribution >= 4 is 6.09 Å². The standard InChI is InChI=1S/C8H16F2N2O2/c1-6(2)12-7(13)14-5-8(9,10)4-11-3/h6,11H,4-5H2,1-3H3,(H,12,13). The Morgan fingerprint density at radius 3 is 2.50 bits per heavy atom. The quantitative estimate of drug-likeness (QED) is 0.711. The Kier molecular flexibility index (Phi) is 5.37. The lowest BCUT2D eigenvalue weighted by Gasteiger charge is -2.16. The summed E-state index contributed by atoms with van der Waals surface area (Å²) in [5.74, 6) is -3.02. The first-order chi connectivity index (χ1) is 6.37. The lowest BCUT2D eigenvalue weighted by atomic mass is 10.3. The number of rotatable bonds is 5. The molecule has 0 atom stereocenters. The Hall–Kier alpha value is -0.910. The van der Waals surface area contributed by atoms with Gasteiger partial charge in [0.15, 0.2) is 6.61 Å². The lowest BCUT2D eigenvalue weighted by molar-refractivity contribution is -0.0516. The minimum absolute atomic E-state index is 0.125. The Labute approximate surface area is 82.0 Å². The number of alkyl halides is 2. The minimum Gasteiger partial charge on any atom is -0.443 e. The van der Waals surface area contributed by atoms with E-state index in [0.29, 0.717) is 0 Å². The van der Waals surface area contributed by atoms with Gasteiger partial charge in [0.05, 0.1) is 6.54 Å². The first-order valence-corrected chi connectivity index (χ1v) is 4.33. The molecule has 0 radical (unpaired) electrons. The fraction of sp³-hybridized carbons (Fsp3) is 0.875. The van der Waals surface area contributed by atoms with Crippen molar-refractivity contribution in [2.24, 2.45) is 0 Å². The molecule has 0 spiro atoms. The zero-order valence-electron chi connectivity index (χ0n) is 8.56. The van der Waals surface area contributed by atoms with Gasteiger partial charge in [-0.05, 0) is 20.9 Å². The molecule has 0 saturated heterocycles. The Balaban J connectivity index is 3.75. The van der Waals surface area contributed by atoms with E-state index in [0.717, 1.165) is 0 Å². The molecule has 2 N–H and O–H groups in total. The van der Waals surface area contributed by atoms with Gasteiger partial charge in [-0.3, -0.25) is 0 Å². The average Bonchev–Trinajstić information content (AvgIpc) is 2.00. The zero-order chi connectivity index (χ0) is 11.2. The number of ether oxygens (including phenoxy) is 1. The molecule has 14 heavy (non-hydrogen) atoms. The van der Waals surface area contributed by atoms with Gasteiger partial charge in [-0.15, -0.1) is 0 Å². The molecule has 0 aromatic rings. The predicted molar refractivity (Wildman–Crippen MR) is 48.5 cm³/mol. The molecule has 0 aliphatic heterocycles. The third-order valence-corrected chi connectivity index (χ3v) is 1.26. The normalized spacial score (nSPS) is 11.6. The second-order valence-corrected chi connectivity index (χ2v) is 3.26. The van der Waals surface area contributed by atoms with Crippen LogP contribution in [-0.4, -0.2) is 38.3 Å². The van der Waals surface area contributed by atoms with Gasteiger partial charge in [0, 0.05) is 6.04 Å². The molecule has 0 aromatic carbocycles. The molecule has 0 unspecified atom stereocenters. The predicted octanol–water partition coefficient (Wildman–Crippen LogP) is 0.976. The van der Waals surface area contributed by atoms with Crippen LogP contribution in [0, 0.1) is 0 Å². The molecular weight excluding hydrogens is 194 g/mol. The summed E-state index contributed by atoms with van der Waals surface area (Å²) in [6, 6.07) is -0.125.